The van der Waals surface area contributed by atoms with Crippen molar-refractivity contribution >= 4 is 10.0 Å². The summed E-state index contributed by atoms with van der Waals surface area (Å²) in [4.78, 5) is 2.44. The third kappa shape index (κ3) is 4.18. The van der Waals surface area contributed by atoms with Crippen LogP contribution in [0.25, 0.3) is 0 Å². The normalized spacial score (nSPS) is 24.0. The molecule has 2 heterocycles. The number of hydrogen-bond donors (Lipinski definition) is 0. The lowest BCUT2D eigenvalue weighted by molar-refractivity contribution is 0.160. The number of likely N-dealkylation sites (tertiary alicyclic amines) is 1. The number of aromatic nitrogens is 2. The Morgan fingerprint density at radius 2 is 1.88 bits per heavy atom. The van der Waals surface area contributed by atoms with Crippen LogP contribution in [0.3, 0.4) is 0 Å². The van der Waals surface area contributed by atoms with Gasteiger partial charge in [-0.2, -0.15) is 9.40 Å². The van der Waals surface area contributed by atoms with Crippen molar-refractivity contribution < 1.29 is 8.42 Å². The summed E-state index contributed by atoms with van der Waals surface area (Å²) in [6, 6.07) is 0.424. The van der Waals surface area contributed by atoms with Crippen molar-refractivity contribution in [2.75, 3.05) is 19.3 Å². The Labute approximate surface area is 145 Å². The number of aryl methyl sites for hydroxylation is 1. The van der Waals surface area contributed by atoms with Crippen molar-refractivity contribution in [1.29, 1.82) is 0 Å². The summed E-state index contributed by atoms with van der Waals surface area (Å²) in [5, 5.41) is 4.34. The molecule has 1 aliphatic heterocycles. The Morgan fingerprint density at radius 3 is 2.46 bits per heavy atom. The van der Waals surface area contributed by atoms with E-state index >= 15 is 0 Å². The van der Waals surface area contributed by atoms with Gasteiger partial charge in [0.1, 0.15) is 0 Å². The average molecular weight is 355 g/mol. The van der Waals surface area contributed by atoms with E-state index in [2.05, 4.69) is 23.1 Å². The van der Waals surface area contributed by atoms with E-state index in [4.69, 9.17) is 0 Å². The molecular weight excluding hydrogens is 324 g/mol. The molecule has 0 unspecified atom stereocenters. The predicted octanol–water partition coefficient (Wildman–Crippen LogP) is 2.07. The van der Waals surface area contributed by atoms with Gasteiger partial charge in [-0.15, -0.1) is 0 Å². The van der Waals surface area contributed by atoms with Gasteiger partial charge in [-0.25, -0.2) is 8.42 Å². The lowest BCUT2D eigenvalue weighted by Crippen LogP contribution is -2.49. The van der Waals surface area contributed by atoms with Crippen LogP contribution in [0.2, 0.25) is 0 Å². The molecular formula is C17H30N4O2S. The minimum atomic E-state index is -3.12. The topological polar surface area (TPSA) is 58.4 Å². The fourth-order valence-electron chi connectivity index (χ4n) is 3.95. The molecule has 0 spiro atoms. The van der Waals surface area contributed by atoms with E-state index in [1.54, 1.807) is 0 Å². The highest BCUT2D eigenvalue weighted by atomic mass is 32.2. The summed E-state index contributed by atoms with van der Waals surface area (Å²) in [7, 11) is -3.12. The highest BCUT2D eigenvalue weighted by Gasteiger charge is 2.37. The molecule has 0 aromatic carbocycles. The van der Waals surface area contributed by atoms with Crippen molar-refractivity contribution in [3.8, 4) is 0 Å². The maximum Gasteiger partial charge on any atom is 0.211 e. The molecule has 24 heavy (non-hydrogen) atoms. The van der Waals surface area contributed by atoms with Crippen molar-refractivity contribution in [2.45, 2.75) is 70.6 Å². The Hall–Kier alpha value is -0.920. The summed E-state index contributed by atoms with van der Waals surface area (Å²) >= 11 is 0. The third-order valence-corrected chi connectivity index (χ3v) is 6.75. The van der Waals surface area contributed by atoms with Gasteiger partial charge in [0, 0.05) is 43.5 Å². The molecule has 2 fully saturated rings. The molecule has 1 saturated carbocycles. The van der Waals surface area contributed by atoms with Gasteiger partial charge in [0.2, 0.25) is 10.0 Å². The van der Waals surface area contributed by atoms with Crippen molar-refractivity contribution in [3.63, 3.8) is 0 Å². The van der Waals surface area contributed by atoms with Gasteiger partial charge in [0.05, 0.1) is 12.5 Å². The van der Waals surface area contributed by atoms with Crippen LogP contribution in [0.1, 0.15) is 51.0 Å². The SMILES string of the molecule is CCn1cc(CN2CCC[C@H](N(C3CCC3)S(C)(=O)=O)CC2)cn1. The monoisotopic (exact) mass is 354 g/mol. The molecule has 1 saturated heterocycles. The fourth-order valence-corrected chi connectivity index (χ4v) is 5.46. The first kappa shape index (κ1) is 17.9. The van der Waals surface area contributed by atoms with Gasteiger partial charge in [0.15, 0.2) is 0 Å². The third-order valence-electron chi connectivity index (χ3n) is 5.38. The minimum absolute atomic E-state index is 0.175. The van der Waals surface area contributed by atoms with E-state index in [1.165, 1.54) is 11.8 Å². The largest absolute Gasteiger partial charge is 0.299 e. The second kappa shape index (κ2) is 7.54. The summed E-state index contributed by atoms with van der Waals surface area (Å²) in [5.41, 5.74) is 1.24. The summed E-state index contributed by atoms with van der Waals surface area (Å²) < 4.78 is 28.4. The van der Waals surface area contributed by atoms with Gasteiger partial charge >= 0.3 is 0 Å². The molecule has 0 bridgehead atoms. The molecule has 1 aliphatic carbocycles. The van der Waals surface area contributed by atoms with E-state index in [-0.39, 0.29) is 12.1 Å². The molecule has 0 amide bonds. The number of hydrogen-bond acceptors (Lipinski definition) is 4. The van der Waals surface area contributed by atoms with E-state index in [0.29, 0.717) is 0 Å². The maximum absolute atomic E-state index is 12.3. The number of nitrogens with zero attached hydrogens (tertiary/aromatic N) is 4. The lowest BCUT2D eigenvalue weighted by atomic mass is 9.91. The van der Waals surface area contributed by atoms with Crippen LogP contribution in [-0.4, -0.2) is 58.8 Å². The molecule has 1 aromatic heterocycles. The minimum Gasteiger partial charge on any atom is -0.299 e. The molecule has 2 aliphatic rings. The van der Waals surface area contributed by atoms with Crippen LogP contribution in [0.15, 0.2) is 12.4 Å². The molecule has 1 atom stereocenters. The summed E-state index contributed by atoms with van der Waals surface area (Å²) in [6.45, 7) is 5.89. The molecule has 7 heteroatoms. The van der Waals surface area contributed by atoms with Crippen LogP contribution >= 0.6 is 0 Å². The van der Waals surface area contributed by atoms with Crippen LogP contribution in [-0.2, 0) is 23.1 Å². The lowest BCUT2D eigenvalue weighted by Gasteiger charge is -2.40. The quantitative estimate of drug-likeness (QED) is 0.785. The van der Waals surface area contributed by atoms with E-state index in [0.717, 1.165) is 64.7 Å². The van der Waals surface area contributed by atoms with E-state index in [9.17, 15) is 8.42 Å². The standard InChI is InChI=1S/C17H30N4O2S/c1-3-20-14-15(12-18-20)13-19-10-5-8-17(9-11-19)21(24(2,22)23)16-6-4-7-16/h12,14,16-17H,3-11,13H2,1-2H3/t17-/m0/s1. The first-order valence-electron chi connectivity index (χ1n) is 9.19. The van der Waals surface area contributed by atoms with Crippen molar-refractivity contribution in [2.24, 2.45) is 0 Å². The Morgan fingerprint density at radius 1 is 1.17 bits per heavy atom. The van der Waals surface area contributed by atoms with Crippen LogP contribution in [0.4, 0.5) is 0 Å². The van der Waals surface area contributed by atoms with Crippen molar-refractivity contribution in [3.05, 3.63) is 18.0 Å². The zero-order valence-electron chi connectivity index (χ0n) is 14.9. The van der Waals surface area contributed by atoms with Crippen molar-refractivity contribution in [1.82, 2.24) is 19.0 Å². The Bertz CT molecular complexity index is 639. The highest BCUT2D eigenvalue weighted by Crippen LogP contribution is 2.32. The highest BCUT2D eigenvalue weighted by molar-refractivity contribution is 7.88. The average Bonchev–Trinajstić information content (AvgIpc) is 2.80. The van der Waals surface area contributed by atoms with Gasteiger partial charge in [-0.3, -0.25) is 9.58 Å². The second-order valence-corrected chi connectivity index (χ2v) is 9.13. The number of rotatable bonds is 6. The Balaban J connectivity index is 1.61. The zero-order valence-corrected chi connectivity index (χ0v) is 15.7. The van der Waals surface area contributed by atoms with Crippen LogP contribution in [0, 0.1) is 0 Å². The predicted molar refractivity (Wildman–Crippen MR) is 95.1 cm³/mol. The number of sulfonamides is 1. The second-order valence-electron chi connectivity index (χ2n) is 7.24. The van der Waals surface area contributed by atoms with E-state index in [1.807, 2.05) is 15.2 Å². The first-order chi connectivity index (χ1) is 11.5. The summed E-state index contributed by atoms with van der Waals surface area (Å²) in [5.74, 6) is 0. The molecule has 3 rings (SSSR count). The zero-order chi connectivity index (χ0) is 17.2. The molecule has 1 aromatic rings. The van der Waals surface area contributed by atoms with Gasteiger partial charge in [-0.05, 0) is 45.6 Å². The van der Waals surface area contributed by atoms with Gasteiger partial charge in [0.25, 0.3) is 0 Å². The van der Waals surface area contributed by atoms with Gasteiger partial charge in [-0.1, -0.05) is 6.42 Å². The van der Waals surface area contributed by atoms with E-state index < -0.39 is 10.0 Å². The molecule has 6 nitrogen and oxygen atoms in total. The smallest absolute Gasteiger partial charge is 0.211 e. The van der Waals surface area contributed by atoms with Crippen LogP contribution in [0.5, 0.6) is 0 Å². The van der Waals surface area contributed by atoms with Gasteiger partial charge < -0.3 is 0 Å². The molecule has 0 radical (unpaired) electrons. The molecule has 136 valence electrons. The summed E-state index contributed by atoms with van der Waals surface area (Å²) in [6.07, 6.45) is 11.6. The molecule has 0 N–H and O–H groups in total. The van der Waals surface area contributed by atoms with Crippen LogP contribution < -0.4 is 0 Å². The Kier molecular flexibility index (Phi) is 5.62. The fraction of sp³-hybridized carbons (Fsp3) is 0.824. The maximum atomic E-state index is 12.3. The first-order valence-corrected chi connectivity index (χ1v) is 11.0.